The quantitative estimate of drug-likeness (QED) is 0.839. The van der Waals surface area contributed by atoms with E-state index >= 15 is 0 Å². The largest absolute Gasteiger partial charge is 0.365 e. The molecule has 2 heterocycles. The first-order chi connectivity index (χ1) is 9.17. The highest BCUT2D eigenvalue weighted by atomic mass is 16.5. The van der Waals surface area contributed by atoms with Crippen molar-refractivity contribution in [1.82, 2.24) is 10.2 Å². The maximum atomic E-state index is 12.5. The molecular weight excluding hydrogens is 240 g/mol. The van der Waals surface area contributed by atoms with Crippen molar-refractivity contribution in [3.8, 4) is 0 Å². The van der Waals surface area contributed by atoms with E-state index in [1.807, 2.05) is 11.8 Å². The van der Waals surface area contributed by atoms with E-state index in [1.165, 1.54) is 19.4 Å². The van der Waals surface area contributed by atoms with Crippen LogP contribution in [0.1, 0.15) is 45.4 Å². The average Bonchev–Trinajstić information content (AvgIpc) is 3.17. The first-order valence-electron chi connectivity index (χ1n) is 7.84. The van der Waals surface area contributed by atoms with Crippen LogP contribution in [-0.4, -0.2) is 48.7 Å². The molecule has 3 rings (SSSR count). The maximum Gasteiger partial charge on any atom is 0.254 e. The van der Waals surface area contributed by atoms with Crippen molar-refractivity contribution in [2.24, 2.45) is 5.92 Å². The summed E-state index contributed by atoms with van der Waals surface area (Å²) in [5.41, 5.74) is -0.533. The van der Waals surface area contributed by atoms with Crippen LogP contribution < -0.4 is 5.32 Å². The molecule has 19 heavy (non-hydrogen) atoms. The fourth-order valence-corrected chi connectivity index (χ4v) is 3.22. The highest BCUT2D eigenvalue weighted by Gasteiger charge is 2.41. The molecule has 0 aromatic rings. The molecule has 4 nitrogen and oxygen atoms in total. The van der Waals surface area contributed by atoms with Crippen LogP contribution in [0.15, 0.2) is 0 Å². The van der Waals surface area contributed by atoms with Crippen LogP contribution in [0.4, 0.5) is 0 Å². The number of carbonyl (C=O) groups excluding carboxylic acids is 1. The first kappa shape index (κ1) is 13.4. The van der Waals surface area contributed by atoms with Crippen molar-refractivity contribution < 1.29 is 9.53 Å². The number of rotatable bonds is 4. The standard InChI is InChI=1S/C15H26N2O2/c1-15(7-2-10-19-15)14(18)17-8-5-13(6-9-17)16-11-12-3-4-12/h12-13,16H,2-11H2,1H3. The Hall–Kier alpha value is -0.610. The summed E-state index contributed by atoms with van der Waals surface area (Å²) in [4.78, 5) is 14.5. The second kappa shape index (κ2) is 5.41. The summed E-state index contributed by atoms with van der Waals surface area (Å²) in [6, 6.07) is 0.613. The van der Waals surface area contributed by atoms with E-state index in [2.05, 4.69) is 5.32 Å². The van der Waals surface area contributed by atoms with Gasteiger partial charge in [-0.25, -0.2) is 0 Å². The maximum absolute atomic E-state index is 12.5. The number of carbonyl (C=O) groups is 1. The Morgan fingerprint density at radius 3 is 2.63 bits per heavy atom. The predicted molar refractivity (Wildman–Crippen MR) is 73.9 cm³/mol. The summed E-state index contributed by atoms with van der Waals surface area (Å²) >= 11 is 0. The molecule has 3 aliphatic rings. The Bertz CT molecular complexity index is 327. The van der Waals surface area contributed by atoms with E-state index in [4.69, 9.17) is 4.74 Å². The minimum absolute atomic E-state index is 0.214. The third-order valence-electron chi connectivity index (χ3n) is 4.85. The van der Waals surface area contributed by atoms with Crippen molar-refractivity contribution >= 4 is 5.91 Å². The number of piperidine rings is 1. The Balaban J connectivity index is 1.45. The molecule has 108 valence electrons. The monoisotopic (exact) mass is 266 g/mol. The van der Waals surface area contributed by atoms with Gasteiger partial charge in [-0.2, -0.15) is 0 Å². The van der Waals surface area contributed by atoms with Crippen LogP contribution in [0.5, 0.6) is 0 Å². The Morgan fingerprint density at radius 2 is 2.05 bits per heavy atom. The molecule has 1 saturated carbocycles. The lowest BCUT2D eigenvalue weighted by molar-refractivity contribution is -0.152. The second-order valence-corrected chi connectivity index (χ2v) is 6.60. The second-order valence-electron chi connectivity index (χ2n) is 6.60. The van der Waals surface area contributed by atoms with E-state index in [0.717, 1.165) is 51.3 Å². The molecule has 2 saturated heterocycles. The molecule has 1 unspecified atom stereocenters. The minimum Gasteiger partial charge on any atom is -0.365 e. The molecule has 4 heteroatoms. The van der Waals surface area contributed by atoms with Crippen LogP contribution >= 0.6 is 0 Å². The molecule has 1 aliphatic carbocycles. The van der Waals surface area contributed by atoms with Crippen molar-refractivity contribution in [2.45, 2.75) is 57.1 Å². The van der Waals surface area contributed by atoms with E-state index in [9.17, 15) is 4.79 Å². The fourth-order valence-electron chi connectivity index (χ4n) is 3.22. The third kappa shape index (κ3) is 3.11. The molecule has 2 aliphatic heterocycles. The predicted octanol–water partition coefficient (Wildman–Crippen LogP) is 1.55. The van der Waals surface area contributed by atoms with E-state index in [-0.39, 0.29) is 5.91 Å². The van der Waals surface area contributed by atoms with Crippen LogP contribution in [0, 0.1) is 5.92 Å². The van der Waals surface area contributed by atoms with Gasteiger partial charge in [0.2, 0.25) is 0 Å². The van der Waals surface area contributed by atoms with Gasteiger partial charge in [-0.05, 0) is 57.9 Å². The van der Waals surface area contributed by atoms with Gasteiger partial charge in [0, 0.05) is 25.7 Å². The van der Waals surface area contributed by atoms with Gasteiger partial charge in [0.05, 0.1) is 0 Å². The zero-order chi connectivity index (χ0) is 13.3. The van der Waals surface area contributed by atoms with E-state index in [0.29, 0.717) is 6.04 Å². The highest BCUT2D eigenvalue weighted by Crippen LogP contribution is 2.29. The third-order valence-corrected chi connectivity index (χ3v) is 4.85. The van der Waals surface area contributed by atoms with Crippen LogP contribution in [0.25, 0.3) is 0 Å². The fraction of sp³-hybridized carbons (Fsp3) is 0.933. The summed E-state index contributed by atoms with van der Waals surface area (Å²) in [7, 11) is 0. The van der Waals surface area contributed by atoms with E-state index < -0.39 is 5.60 Å². The average molecular weight is 266 g/mol. The molecular formula is C15H26N2O2. The zero-order valence-corrected chi connectivity index (χ0v) is 12.0. The first-order valence-corrected chi connectivity index (χ1v) is 7.84. The number of nitrogens with zero attached hydrogens (tertiary/aromatic N) is 1. The summed E-state index contributed by atoms with van der Waals surface area (Å²) in [6.45, 7) is 5.65. The number of likely N-dealkylation sites (tertiary alicyclic amines) is 1. The number of nitrogens with one attached hydrogen (secondary N) is 1. The Morgan fingerprint density at radius 1 is 1.32 bits per heavy atom. The summed E-state index contributed by atoms with van der Waals surface area (Å²) < 4.78 is 5.66. The lowest BCUT2D eigenvalue weighted by Gasteiger charge is -2.36. The molecule has 1 atom stereocenters. The number of ether oxygens (including phenoxy) is 1. The molecule has 0 spiro atoms. The van der Waals surface area contributed by atoms with Gasteiger partial charge in [0.25, 0.3) is 5.91 Å². The van der Waals surface area contributed by atoms with Crippen LogP contribution in [-0.2, 0) is 9.53 Å². The van der Waals surface area contributed by atoms with Gasteiger partial charge in [0.15, 0.2) is 0 Å². The lowest BCUT2D eigenvalue weighted by Crippen LogP contribution is -2.52. The van der Waals surface area contributed by atoms with Gasteiger partial charge in [-0.3, -0.25) is 4.79 Å². The number of hydrogen-bond acceptors (Lipinski definition) is 3. The van der Waals surface area contributed by atoms with Gasteiger partial charge in [0.1, 0.15) is 5.60 Å². The van der Waals surface area contributed by atoms with Crippen molar-refractivity contribution in [2.75, 3.05) is 26.2 Å². The number of hydrogen-bond donors (Lipinski definition) is 1. The molecule has 0 bridgehead atoms. The zero-order valence-electron chi connectivity index (χ0n) is 12.0. The van der Waals surface area contributed by atoms with Crippen molar-refractivity contribution in [3.05, 3.63) is 0 Å². The molecule has 3 fully saturated rings. The van der Waals surface area contributed by atoms with Gasteiger partial charge >= 0.3 is 0 Å². The van der Waals surface area contributed by atoms with Gasteiger partial charge < -0.3 is 15.0 Å². The summed E-state index contributed by atoms with van der Waals surface area (Å²) in [6.07, 6.45) is 6.89. The van der Waals surface area contributed by atoms with E-state index in [1.54, 1.807) is 0 Å². The molecule has 0 aromatic carbocycles. The molecule has 0 radical (unpaired) electrons. The highest BCUT2D eigenvalue weighted by molar-refractivity contribution is 5.85. The molecule has 1 amide bonds. The molecule has 1 N–H and O–H groups in total. The SMILES string of the molecule is CC1(C(=O)N2CCC(NCC3CC3)CC2)CCCO1. The van der Waals surface area contributed by atoms with Crippen LogP contribution in [0.3, 0.4) is 0 Å². The van der Waals surface area contributed by atoms with Gasteiger partial charge in [-0.1, -0.05) is 0 Å². The van der Waals surface area contributed by atoms with Gasteiger partial charge in [-0.15, -0.1) is 0 Å². The van der Waals surface area contributed by atoms with Crippen molar-refractivity contribution in [1.29, 1.82) is 0 Å². The smallest absolute Gasteiger partial charge is 0.254 e. The molecule has 0 aromatic heterocycles. The summed E-state index contributed by atoms with van der Waals surface area (Å²) in [5.74, 6) is 1.15. The summed E-state index contributed by atoms with van der Waals surface area (Å²) in [5, 5.41) is 3.65. The Labute approximate surface area is 115 Å². The lowest BCUT2D eigenvalue weighted by atomic mass is 9.98. The minimum atomic E-state index is -0.533. The normalized spacial score (nSPS) is 32.8. The van der Waals surface area contributed by atoms with Crippen LogP contribution in [0.2, 0.25) is 0 Å². The number of amides is 1. The topological polar surface area (TPSA) is 41.6 Å². The van der Waals surface area contributed by atoms with Crippen molar-refractivity contribution in [3.63, 3.8) is 0 Å². The Kier molecular flexibility index (Phi) is 3.81.